The number of carbonyl (C=O) groups excluding carboxylic acids is 1. The first kappa shape index (κ1) is 25.1. The van der Waals surface area contributed by atoms with Crippen LogP contribution >= 0.6 is 0 Å². The van der Waals surface area contributed by atoms with Crippen molar-refractivity contribution < 1.29 is 9.53 Å². The Balaban J connectivity index is 1.87. The molecule has 1 aromatic heterocycles. The SMILES string of the molecule is COc1cccc(-c2nc3ccc(-c4cccc(CN(C)C)c4)cc3c(=O)n2CC(=O)NC(C)C)c1. The van der Waals surface area contributed by atoms with Gasteiger partial charge in [-0.15, -0.1) is 0 Å². The van der Waals surface area contributed by atoms with Gasteiger partial charge in [-0.25, -0.2) is 4.98 Å². The van der Waals surface area contributed by atoms with Crippen LogP contribution < -0.4 is 15.6 Å². The van der Waals surface area contributed by atoms with E-state index in [9.17, 15) is 9.59 Å². The molecule has 0 spiro atoms. The number of nitrogens with zero attached hydrogens (tertiary/aromatic N) is 3. The molecule has 3 aromatic carbocycles. The Kier molecular flexibility index (Phi) is 7.50. The second-order valence-corrected chi connectivity index (χ2v) is 9.45. The Hall–Kier alpha value is -3.97. The van der Waals surface area contributed by atoms with Gasteiger partial charge < -0.3 is 15.0 Å². The number of amides is 1. The molecule has 0 aliphatic heterocycles. The predicted molar refractivity (Wildman–Crippen MR) is 144 cm³/mol. The lowest BCUT2D eigenvalue weighted by Gasteiger charge is -2.16. The van der Waals surface area contributed by atoms with E-state index in [0.717, 1.165) is 17.7 Å². The lowest BCUT2D eigenvalue weighted by Crippen LogP contribution is -2.37. The molecular formula is C29H32N4O3. The van der Waals surface area contributed by atoms with E-state index >= 15 is 0 Å². The Morgan fingerprint density at radius 1 is 1.00 bits per heavy atom. The Morgan fingerprint density at radius 3 is 2.44 bits per heavy atom. The minimum absolute atomic E-state index is 0.0390. The largest absolute Gasteiger partial charge is 0.497 e. The molecule has 4 rings (SSSR count). The molecule has 0 saturated heterocycles. The number of benzene rings is 3. The van der Waals surface area contributed by atoms with Gasteiger partial charge in [0.25, 0.3) is 5.56 Å². The molecule has 0 fully saturated rings. The number of hydrogen-bond acceptors (Lipinski definition) is 5. The molecule has 0 saturated carbocycles. The molecule has 4 aromatic rings. The molecule has 0 bridgehead atoms. The van der Waals surface area contributed by atoms with Gasteiger partial charge in [-0.2, -0.15) is 0 Å². The fourth-order valence-electron chi connectivity index (χ4n) is 4.26. The van der Waals surface area contributed by atoms with Gasteiger partial charge in [-0.1, -0.05) is 36.4 Å². The highest BCUT2D eigenvalue weighted by atomic mass is 16.5. The van der Waals surface area contributed by atoms with E-state index in [1.165, 1.54) is 10.1 Å². The van der Waals surface area contributed by atoms with Crippen LogP contribution in [0, 0.1) is 0 Å². The monoisotopic (exact) mass is 484 g/mol. The van der Waals surface area contributed by atoms with E-state index in [1.54, 1.807) is 7.11 Å². The van der Waals surface area contributed by atoms with Gasteiger partial charge in [-0.05, 0) is 75.0 Å². The van der Waals surface area contributed by atoms with E-state index in [0.29, 0.717) is 28.0 Å². The van der Waals surface area contributed by atoms with Crippen LogP contribution in [-0.4, -0.2) is 47.6 Å². The highest BCUT2D eigenvalue weighted by Crippen LogP contribution is 2.27. The summed E-state index contributed by atoms with van der Waals surface area (Å²) in [5.74, 6) is 0.823. The zero-order valence-corrected chi connectivity index (χ0v) is 21.4. The van der Waals surface area contributed by atoms with Crippen LogP contribution in [0.25, 0.3) is 33.4 Å². The smallest absolute Gasteiger partial charge is 0.262 e. The summed E-state index contributed by atoms with van der Waals surface area (Å²) in [6.07, 6.45) is 0. The summed E-state index contributed by atoms with van der Waals surface area (Å²) in [7, 11) is 5.66. The van der Waals surface area contributed by atoms with Gasteiger partial charge in [0.15, 0.2) is 0 Å². The summed E-state index contributed by atoms with van der Waals surface area (Å²) in [5.41, 5.74) is 4.15. The Labute approximate surface area is 211 Å². The molecule has 1 amide bonds. The molecule has 186 valence electrons. The maximum Gasteiger partial charge on any atom is 0.262 e. The van der Waals surface area contributed by atoms with Crippen molar-refractivity contribution in [2.75, 3.05) is 21.2 Å². The van der Waals surface area contributed by atoms with Gasteiger partial charge in [0.1, 0.15) is 18.1 Å². The van der Waals surface area contributed by atoms with E-state index in [2.05, 4.69) is 22.3 Å². The summed E-state index contributed by atoms with van der Waals surface area (Å²) in [5, 5.41) is 3.34. The third-order valence-electron chi connectivity index (χ3n) is 5.79. The van der Waals surface area contributed by atoms with Crippen LogP contribution in [0.4, 0.5) is 0 Å². The number of rotatable bonds is 8. The highest BCUT2D eigenvalue weighted by molar-refractivity contribution is 5.86. The van der Waals surface area contributed by atoms with Gasteiger partial charge >= 0.3 is 0 Å². The average Bonchev–Trinajstić information content (AvgIpc) is 2.84. The minimum atomic E-state index is -0.261. The molecule has 0 aliphatic carbocycles. The van der Waals surface area contributed by atoms with Crippen LogP contribution in [0.5, 0.6) is 5.75 Å². The van der Waals surface area contributed by atoms with Crippen molar-refractivity contribution >= 4 is 16.8 Å². The lowest BCUT2D eigenvalue weighted by molar-refractivity contribution is -0.122. The van der Waals surface area contributed by atoms with Crippen LogP contribution in [0.1, 0.15) is 19.4 Å². The Bertz CT molecular complexity index is 1460. The van der Waals surface area contributed by atoms with Crippen molar-refractivity contribution in [3.63, 3.8) is 0 Å². The van der Waals surface area contributed by atoms with Crippen molar-refractivity contribution in [2.45, 2.75) is 33.0 Å². The molecule has 7 heteroatoms. The number of nitrogens with one attached hydrogen (secondary N) is 1. The number of carbonyl (C=O) groups is 1. The summed E-state index contributed by atoms with van der Waals surface area (Å²) in [4.78, 5) is 33.4. The molecular weight excluding hydrogens is 452 g/mol. The summed E-state index contributed by atoms with van der Waals surface area (Å²) in [6, 6.07) is 21.3. The normalized spacial score (nSPS) is 11.3. The molecule has 0 radical (unpaired) electrons. The van der Waals surface area contributed by atoms with E-state index in [1.807, 2.05) is 82.5 Å². The second-order valence-electron chi connectivity index (χ2n) is 9.45. The maximum absolute atomic E-state index is 13.8. The zero-order chi connectivity index (χ0) is 25.8. The van der Waals surface area contributed by atoms with Gasteiger partial charge in [0.05, 0.1) is 18.0 Å². The van der Waals surface area contributed by atoms with E-state index < -0.39 is 0 Å². The summed E-state index contributed by atoms with van der Waals surface area (Å²) >= 11 is 0. The summed E-state index contributed by atoms with van der Waals surface area (Å²) < 4.78 is 6.81. The third kappa shape index (κ3) is 5.63. The zero-order valence-electron chi connectivity index (χ0n) is 21.4. The quantitative estimate of drug-likeness (QED) is 0.403. The fraction of sp³-hybridized carbons (Fsp3) is 0.276. The first-order valence-corrected chi connectivity index (χ1v) is 12.0. The van der Waals surface area contributed by atoms with Crippen LogP contribution in [0.2, 0.25) is 0 Å². The van der Waals surface area contributed by atoms with Crippen molar-refractivity contribution in [1.29, 1.82) is 0 Å². The topological polar surface area (TPSA) is 76.5 Å². The van der Waals surface area contributed by atoms with Crippen LogP contribution in [-0.2, 0) is 17.9 Å². The number of methoxy groups -OCH3 is 1. The van der Waals surface area contributed by atoms with Crippen molar-refractivity contribution in [3.05, 3.63) is 82.6 Å². The van der Waals surface area contributed by atoms with Gasteiger partial charge in [-0.3, -0.25) is 14.2 Å². The first-order valence-electron chi connectivity index (χ1n) is 12.0. The second kappa shape index (κ2) is 10.7. The molecule has 1 heterocycles. The predicted octanol–water partition coefficient (Wildman–Crippen LogP) is 4.33. The number of hydrogen-bond donors (Lipinski definition) is 1. The third-order valence-corrected chi connectivity index (χ3v) is 5.79. The van der Waals surface area contributed by atoms with Crippen LogP contribution in [0.15, 0.2) is 71.5 Å². The molecule has 0 atom stereocenters. The molecule has 7 nitrogen and oxygen atoms in total. The van der Waals surface area contributed by atoms with Gasteiger partial charge in [0.2, 0.25) is 5.91 Å². The van der Waals surface area contributed by atoms with Crippen molar-refractivity contribution in [2.24, 2.45) is 0 Å². The molecule has 36 heavy (non-hydrogen) atoms. The van der Waals surface area contributed by atoms with Crippen molar-refractivity contribution in [1.82, 2.24) is 19.8 Å². The number of fused-ring (bicyclic) bond motifs is 1. The minimum Gasteiger partial charge on any atom is -0.497 e. The van der Waals surface area contributed by atoms with Crippen molar-refractivity contribution in [3.8, 4) is 28.3 Å². The standard InChI is InChI=1S/C29H32N4O3/c1-19(2)30-27(34)18-33-28(23-10-7-11-24(15-23)36-5)31-26-13-12-22(16-25(26)29(33)35)21-9-6-8-20(14-21)17-32(3)4/h6-16,19H,17-18H2,1-5H3,(H,30,34). The highest BCUT2D eigenvalue weighted by Gasteiger charge is 2.17. The molecule has 0 unspecified atom stereocenters. The van der Waals surface area contributed by atoms with E-state index in [4.69, 9.17) is 9.72 Å². The maximum atomic E-state index is 13.8. The van der Waals surface area contributed by atoms with Crippen LogP contribution in [0.3, 0.4) is 0 Å². The lowest BCUT2D eigenvalue weighted by atomic mass is 10.0. The summed E-state index contributed by atoms with van der Waals surface area (Å²) in [6.45, 7) is 4.47. The van der Waals surface area contributed by atoms with Gasteiger partial charge in [0, 0.05) is 18.2 Å². The molecule has 1 N–H and O–H groups in total. The van der Waals surface area contributed by atoms with E-state index in [-0.39, 0.29) is 24.1 Å². The average molecular weight is 485 g/mol. The number of aromatic nitrogens is 2. The Morgan fingerprint density at radius 2 is 1.72 bits per heavy atom. The number of ether oxygens (including phenoxy) is 1. The first-order chi connectivity index (χ1) is 17.2. The fourth-order valence-corrected chi connectivity index (χ4v) is 4.26. The molecule has 0 aliphatic rings.